The first-order valence-corrected chi connectivity index (χ1v) is 8.07. The van der Waals surface area contributed by atoms with Gasteiger partial charge in [-0.05, 0) is 30.1 Å². The van der Waals surface area contributed by atoms with E-state index in [2.05, 4.69) is 28.6 Å². The number of benzene rings is 1. The van der Waals surface area contributed by atoms with E-state index in [1.165, 1.54) is 4.88 Å². The third-order valence-electron chi connectivity index (χ3n) is 3.43. The maximum absolute atomic E-state index is 12.2. The van der Waals surface area contributed by atoms with Crippen molar-refractivity contribution in [1.29, 1.82) is 0 Å². The highest BCUT2D eigenvalue weighted by molar-refractivity contribution is 7.09. The van der Waals surface area contributed by atoms with Crippen LogP contribution in [0.3, 0.4) is 0 Å². The van der Waals surface area contributed by atoms with Gasteiger partial charge in [0, 0.05) is 23.2 Å². The van der Waals surface area contributed by atoms with E-state index in [1.54, 1.807) is 23.5 Å². The van der Waals surface area contributed by atoms with Crippen molar-refractivity contribution in [3.8, 4) is 11.5 Å². The third-order valence-corrected chi connectivity index (χ3v) is 4.29. The number of fused-ring (bicyclic) bond motifs is 1. The standard InChI is InChI=1S/C16H18N2O3S/c1-2-18(9-13-4-3-7-22-13)10-16(19)17-12-5-6-14-15(8-12)21-11-20-14/h3-8H,2,9-11H2,1H3,(H,17,19). The Morgan fingerprint density at radius 2 is 2.18 bits per heavy atom. The number of rotatable bonds is 6. The molecule has 5 nitrogen and oxygen atoms in total. The summed E-state index contributed by atoms with van der Waals surface area (Å²) >= 11 is 1.71. The number of hydrogen-bond acceptors (Lipinski definition) is 5. The lowest BCUT2D eigenvalue weighted by Gasteiger charge is -2.19. The molecule has 0 aliphatic carbocycles. The van der Waals surface area contributed by atoms with Crippen molar-refractivity contribution in [3.63, 3.8) is 0 Å². The van der Waals surface area contributed by atoms with Gasteiger partial charge in [0.2, 0.25) is 12.7 Å². The van der Waals surface area contributed by atoms with Crippen molar-refractivity contribution in [2.75, 3.05) is 25.2 Å². The second-order valence-electron chi connectivity index (χ2n) is 5.00. The molecule has 22 heavy (non-hydrogen) atoms. The molecule has 2 aromatic rings. The zero-order valence-electron chi connectivity index (χ0n) is 12.4. The molecule has 3 rings (SSSR count). The first-order chi connectivity index (χ1) is 10.7. The number of ether oxygens (including phenoxy) is 2. The number of amides is 1. The molecule has 0 radical (unpaired) electrons. The van der Waals surface area contributed by atoms with E-state index in [1.807, 2.05) is 12.1 Å². The van der Waals surface area contributed by atoms with Gasteiger partial charge < -0.3 is 14.8 Å². The second kappa shape index (κ2) is 6.81. The Bertz CT molecular complexity index is 643. The largest absolute Gasteiger partial charge is 0.454 e. The highest BCUT2D eigenvalue weighted by Crippen LogP contribution is 2.34. The van der Waals surface area contributed by atoms with Gasteiger partial charge in [0.05, 0.1) is 6.54 Å². The van der Waals surface area contributed by atoms with Gasteiger partial charge in [0.15, 0.2) is 11.5 Å². The molecule has 0 atom stereocenters. The van der Waals surface area contributed by atoms with Crippen LogP contribution in [0.4, 0.5) is 5.69 Å². The maximum atomic E-state index is 12.2. The Balaban J connectivity index is 1.57. The lowest BCUT2D eigenvalue weighted by molar-refractivity contribution is -0.117. The van der Waals surface area contributed by atoms with Crippen molar-refractivity contribution in [2.45, 2.75) is 13.5 Å². The average molecular weight is 318 g/mol. The summed E-state index contributed by atoms with van der Waals surface area (Å²) in [6, 6.07) is 9.53. The van der Waals surface area contributed by atoms with E-state index < -0.39 is 0 Å². The van der Waals surface area contributed by atoms with Crippen LogP contribution in [0.15, 0.2) is 35.7 Å². The Kier molecular flexibility index (Phi) is 4.60. The molecular weight excluding hydrogens is 300 g/mol. The summed E-state index contributed by atoms with van der Waals surface area (Å²) in [6.07, 6.45) is 0. The molecule has 2 heterocycles. The molecule has 0 saturated heterocycles. The first kappa shape index (κ1) is 14.9. The van der Waals surface area contributed by atoms with Crippen LogP contribution >= 0.6 is 11.3 Å². The van der Waals surface area contributed by atoms with E-state index >= 15 is 0 Å². The lowest BCUT2D eigenvalue weighted by atomic mass is 10.2. The zero-order valence-corrected chi connectivity index (χ0v) is 13.2. The van der Waals surface area contributed by atoms with E-state index in [0.717, 1.165) is 18.8 Å². The predicted molar refractivity (Wildman–Crippen MR) is 86.5 cm³/mol. The number of anilines is 1. The Morgan fingerprint density at radius 1 is 1.32 bits per heavy atom. The van der Waals surface area contributed by atoms with Crippen LogP contribution in [0.2, 0.25) is 0 Å². The molecule has 1 N–H and O–H groups in total. The minimum Gasteiger partial charge on any atom is -0.454 e. The van der Waals surface area contributed by atoms with Crippen LogP contribution in [0, 0.1) is 0 Å². The van der Waals surface area contributed by atoms with Gasteiger partial charge in [-0.15, -0.1) is 11.3 Å². The van der Waals surface area contributed by atoms with Gasteiger partial charge in [-0.1, -0.05) is 13.0 Å². The Morgan fingerprint density at radius 3 is 2.95 bits per heavy atom. The van der Waals surface area contributed by atoms with Crippen LogP contribution in [0.25, 0.3) is 0 Å². The van der Waals surface area contributed by atoms with E-state index in [-0.39, 0.29) is 12.7 Å². The van der Waals surface area contributed by atoms with Crippen molar-refractivity contribution >= 4 is 22.9 Å². The van der Waals surface area contributed by atoms with Crippen LogP contribution in [0.5, 0.6) is 11.5 Å². The van der Waals surface area contributed by atoms with Crippen molar-refractivity contribution in [2.24, 2.45) is 0 Å². The third kappa shape index (κ3) is 3.58. The minimum atomic E-state index is -0.0303. The number of nitrogens with zero attached hydrogens (tertiary/aromatic N) is 1. The van der Waals surface area contributed by atoms with Crippen LogP contribution in [-0.4, -0.2) is 30.7 Å². The number of likely N-dealkylation sites (N-methyl/N-ethyl adjacent to an activating group) is 1. The van der Waals surface area contributed by atoms with Crippen LogP contribution in [0.1, 0.15) is 11.8 Å². The SMILES string of the molecule is CCN(CC(=O)Nc1ccc2c(c1)OCO2)Cc1cccs1. The van der Waals surface area contributed by atoms with Crippen LogP contribution in [-0.2, 0) is 11.3 Å². The summed E-state index contributed by atoms with van der Waals surface area (Å²) in [4.78, 5) is 15.6. The molecule has 1 aromatic carbocycles. The van der Waals surface area contributed by atoms with Gasteiger partial charge in [-0.3, -0.25) is 9.69 Å². The fraction of sp³-hybridized carbons (Fsp3) is 0.312. The number of hydrogen-bond donors (Lipinski definition) is 1. The minimum absolute atomic E-state index is 0.0303. The molecule has 0 spiro atoms. The average Bonchev–Trinajstić information content (AvgIpc) is 3.17. The van der Waals surface area contributed by atoms with Gasteiger partial charge in [0.1, 0.15) is 0 Å². The van der Waals surface area contributed by atoms with Gasteiger partial charge in [0.25, 0.3) is 0 Å². The molecule has 0 unspecified atom stereocenters. The van der Waals surface area contributed by atoms with Crippen LogP contribution < -0.4 is 14.8 Å². The normalized spacial score (nSPS) is 12.6. The van der Waals surface area contributed by atoms with E-state index in [0.29, 0.717) is 18.0 Å². The number of thiophene rings is 1. The summed E-state index contributed by atoms with van der Waals surface area (Å²) in [6.45, 7) is 4.27. The summed E-state index contributed by atoms with van der Waals surface area (Å²) in [5.41, 5.74) is 0.724. The molecule has 1 aromatic heterocycles. The van der Waals surface area contributed by atoms with Crippen molar-refractivity contribution in [3.05, 3.63) is 40.6 Å². The van der Waals surface area contributed by atoms with Gasteiger partial charge in [-0.25, -0.2) is 0 Å². The summed E-state index contributed by atoms with van der Waals surface area (Å²) in [5.74, 6) is 1.35. The highest BCUT2D eigenvalue weighted by Gasteiger charge is 2.15. The zero-order chi connectivity index (χ0) is 15.4. The molecule has 116 valence electrons. The fourth-order valence-corrected chi connectivity index (χ4v) is 3.03. The number of carbonyl (C=O) groups excluding carboxylic acids is 1. The van der Waals surface area contributed by atoms with E-state index in [9.17, 15) is 4.79 Å². The van der Waals surface area contributed by atoms with Crippen molar-refractivity contribution in [1.82, 2.24) is 4.90 Å². The van der Waals surface area contributed by atoms with E-state index in [4.69, 9.17) is 9.47 Å². The van der Waals surface area contributed by atoms with Crippen molar-refractivity contribution < 1.29 is 14.3 Å². The molecule has 1 aliphatic heterocycles. The van der Waals surface area contributed by atoms with Gasteiger partial charge in [-0.2, -0.15) is 0 Å². The molecule has 1 aliphatic rings. The van der Waals surface area contributed by atoms with Gasteiger partial charge >= 0.3 is 0 Å². The molecule has 0 saturated carbocycles. The lowest BCUT2D eigenvalue weighted by Crippen LogP contribution is -2.32. The summed E-state index contributed by atoms with van der Waals surface area (Å²) < 4.78 is 10.6. The first-order valence-electron chi connectivity index (χ1n) is 7.19. The summed E-state index contributed by atoms with van der Waals surface area (Å²) in [7, 11) is 0. The summed E-state index contributed by atoms with van der Waals surface area (Å²) in [5, 5.41) is 4.95. The fourth-order valence-electron chi connectivity index (χ4n) is 2.28. The Hall–Kier alpha value is -2.05. The molecule has 0 bridgehead atoms. The Labute approximate surface area is 133 Å². The predicted octanol–water partition coefficient (Wildman–Crippen LogP) is 2.94. The quantitative estimate of drug-likeness (QED) is 0.890. The molecular formula is C16H18N2O3S. The smallest absolute Gasteiger partial charge is 0.238 e. The number of nitrogens with one attached hydrogen (secondary N) is 1. The number of carbonyl (C=O) groups is 1. The monoisotopic (exact) mass is 318 g/mol. The highest BCUT2D eigenvalue weighted by atomic mass is 32.1. The molecule has 1 amide bonds. The topological polar surface area (TPSA) is 50.8 Å². The maximum Gasteiger partial charge on any atom is 0.238 e. The molecule has 0 fully saturated rings. The second-order valence-corrected chi connectivity index (χ2v) is 6.03. The molecule has 6 heteroatoms.